The Bertz CT molecular complexity index is 1270. The Hall–Kier alpha value is -3.24. The summed E-state index contributed by atoms with van der Waals surface area (Å²) < 4.78 is 36.2. The summed E-state index contributed by atoms with van der Waals surface area (Å²) in [7, 11) is -2.64. The third-order valence-corrected chi connectivity index (χ3v) is 6.61. The van der Waals surface area contributed by atoms with E-state index in [1.165, 1.54) is 30.7 Å². The molecule has 1 heterocycles. The fourth-order valence-electron chi connectivity index (χ4n) is 2.85. The van der Waals surface area contributed by atoms with E-state index in [2.05, 4.69) is 15.5 Å². The van der Waals surface area contributed by atoms with Crippen LogP contribution in [0.5, 0.6) is 11.5 Å². The molecule has 0 spiro atoms. The van der Waals surface area contributed by atoms with E-state index in [1.807, 2.05) is 25.3 Å². The fourth-order valence-corrected chi connectivity index (χ4v) is 4.71. The van der Waals surface area contributed by atoms with Crippen LogP contribution in [0.2, 0.25) is 0 Å². The summed E-state index contributed by atoms with van der Waals surface area (Å²) in [5.41, 5.74) is 5.11. The highest BCUT2D eigenvalue weighted by Gasteiger charge is 2.21. The van der Waals surface area contributed by atoms with Crippen molar-refractivity contribution in [1.29, 1.82) is 0 Å². The number of hydrogen-bond donors (Lipinski definition) is 1. The van der Waals surface area contributed by atoms with Crippen molar-refractivity contribution in [3.63, 3.8) is 0 Å². The predicted octanol–water partition coefficient (Wildman–Crippen LogP) is 3.54. The highest BCUT2D eigenvalue weighted by molar-refractivity contribution is 7.87. The zero-order valence-corrected chi connectivity index (χ0v) is 19.7. The van der Waals surface area contributed by atoms with Crippen LogP contribution in [0.1, 0.15) is 27.4 Å². The van der Waals surface area contributed by atoms with Gasteiger partial charge in [-0.15, -0.1) is 11.3 Å². The quantitative estimate of drug-likeness (QED) is 0.305. The number of thiazole rings is 1. The van der Waals surface area contributed by atoms with Gasteiger partial charge in [-0.25, -0.2) is 10.4 Å². The molecule has 1 N–H and O–H groups in total. The lowest BCUT2D eigenvalue weighted by Gasteiger charge is -2.13. The zero-order chi connectivity index (χ0) is 23.3. The Morgan fingerprint density at radius 3 is 2.62 bits per heavy atom. The van der Waals surface area contributed by atoms with Crippen molar-refractivity contribution in [3.05, 3.63) is 69.2 Å². The van der Waals surface area contributed by atoms with Gasteiger partial charge in [-0.3, -0.25) is 4.79 Å². The lowest BCUT2D eigenvalue weighted by Crippen LogP contribution is -2.19. The zero-order valence-electron chi connectivity index (χ0n) is 18.1. The van der Waals surface area contributed by atoms with E-state index in [4.69, 9.17) is 8.92 Å². The Morgan fingerprint density at radius 1 is 1.16 bits per heavy atom. The molecule has 3 rings (SSSR count). The third kappa shape index (κ3) is 5.92. The second-order valence-electron chi connectivity index (χ2n) is 7.04. The molecule has 1 aromatic heterocycles. The predicted molar refractivity (Wildman–Crippen MR) is 123 cm³/mol. The molecule has 0 saturated carbocycles. The van der Waals surface area contributed by atoms with E-state index in [0.717, 1.165) is 10.6 Å². The van der Waals surface area contributed by atoms with E-state index in [1.54, 1.807) is 31.2 Å². The minimum absolute atomic E-state index is 0.0495. The van der Waals surface area contributed by atoms with Crippen LogP contribution in [-0.4, -0.2) is 32.6 Å². The molecule has 0 radical (unpaired) electrons. The number of hydrazone groups is 1. The summed E-state index contributed by atoms with van der Waals surface area (Å²) in [5, 5.41) is 6.65. The molecule has 0 bridgehead atoms. The van der Waals surface area contributed by atoms with Crippen LogP contribution in [0.25, 0.3) is 0 Å². The van der Waals surface area contributed by atoms with Crippen LogP contribution in [0.3, 0.4) is 0 Å². The van der Waals surface area contributed by atoms with Crippen LogP contribution >= 0.6 is 11.3 Å². The number of ether oxygens (including phenoxy) is 1. The maximum atomic E-state index is 12.8. The number of carbonyl (C=O) groups is 1. The molecule has 3 aromatic rings. The van der Waals surface area contributed by atoms with Gasteiger partial charge < -0.3 is 8.92 Å². The van der Waals surface area contributed by atoms with Gasteiger partial charge in [0.15, 0.2) is 11.5 Å². The Balaban J connectivity index is 1.70. The van der Waals surface area contributed by atoms with Crippen LogP contribution in [-0.2, 0) is 21.3 Å². The highest BCUT2D eigenvalue weighted by Crippen LogP contribution is 2.31. The monoisotopic (exact) mass is 473 g/mol. The summed E-state index contributed by atoms with van der Waals surface area (Å²) in [6.07, 6.45) is 1.56. The van der Waals surface area contributed by atoms with Gasteiger partial charge >= 0.3 is 10.1 Å². The van der Waals surface area contributed by atoms with Crippen molar-refractivity contribution in [2.45, 2.75) is 32.1 Å². The van der Waals surface area contributed by atoms with Gasteiger partial charge in [0.2, 0.25) is 5.91 Å². The molecule has 0 aliphatic heterocycles. The standard InChI is InChI=1S/C22H23N3O5S2/c1-14-5-6-15(2)21(9-14)32(27,28)30-19-8-7-17(10-20(19)29-4)12-23-25-22(26)11-18-13-31-16(3)24-18/h5-10,12-13H,11H2,1-4H3,(H,25,26). The van der Waals surface area contributed by atoms with Crippen molar-refractivity contribution in [2.24, 2.45) is 5.10 Å². The SMILES string of the molecule is COc1cc(C=NNC(=O)Cc2csc(C)n2)ccc1OS(=O)(=O)c1cc(C)ccc1C. The van der Waals surface area contributed by atoms with Crippen molar-refractivity contribution >= 4 is 33.6 Å². The van der Waals surface area contributed by atoms with Crippen molar-refractivity contribution < 1.29 is 22.1 Å². The number of aryl methyl sites for hydroxylation is 3. The summed E-state index contributed by atoms with van der Waals surface area (Å²) >= 11 is 1.48. The molecule has 1 amide bonds. The number of hydrogen-bond acceptors (Lipinski definition) is 8. The average Bonchev–Trinajstić information content (AvgIpc) is 3.14. The van der Waals surface area contributed by atoms with Crippen molar-refractivity contribution in [3.8, 4) is 11.5 Å². The fraction of sp³-hybridized carbons (Fsp3) is 0.227. The second-order valence-corrected chi connectivity index (χ2v) is 9.62. The number of rotatable bonds is 8. The Morgan fingerprint density at radius 2 is 1.94 bits per heavy atom. The molecule has 168 valence electrons. The molecule has 8 nitrogen and oxygen atoms in total. The first-order valence-corrected chi connectivity index (χ1v) is 11.9. The molecule has 2 aromatic carbocycles. The number of nitrogens with one attached hydrogen (secondary N) is 1. The maximum absolute atomic E-state index is 12.8. The van der Waals surface area contributed by atoms with Gasteiger partial charge in [-0.1, -0.05) is 12.1 Å². The first-order valence-electron chi connectivity index (χ1n) is 9.60. The molecule has 0 aliphatic rings. The van der Waals surface area contributed by atoms with Gasteiger partial charge in [0.25, 0.3) is 0 Å². The summed E-state index contributed by atoms with van der Waals surface area (Å²) in [4.78, 5) is 16.3. The van der Waals surface area contributed by atoms with Gasteiger partial charge in [0.05, 0.1) is 30.4 Å². The first-order chi connectivity index (χ1) is 15.2. The van der Waals surface area contributed by atoms with E-state index >= 15 is 0 Å². The molecule has 0 atom stereocenters. The summed E-state index contributed by atoms with van der Waals surface area (Å²) in [6, 6.07) is 9.77. The van der Waals surface area contributed by atoms with E-state index in [9.17, 15) is 13.2 Å². The molecule has 0 saturated heterocycles. The van der Waals surface area contributed by atoms with Gasteiger partial charge in [-0.05, 0) is 61.7 Å². The maximum Gasteiger partial charge on any atom is 0.339 e. The van der Waals surface area contributed by atoms with E-state index in [-0.39, 0.29) is 28.7 Å². The first kappa shape index (κ1) is 23.4. The van der Waals surface area contributed by atoms with Gasteiger partial charge in [0.1, 0.15) is 4.90 Å². The smallest absolute Gasteiger partial charge is 0.339 e. The minimum atomic E-state index is -4.04. The molecule has 0 unspecified atom stereocenters. The Labute approximate surface area is 191 Å². The molecule has 0 fully saturated rings. The molecule has 32 heavy (non-hydrogen) atoms. The number of aromatic nitrogens is 1. The normalized spacial score (nSPS) is 11.5. The second kappa shape index (κ2) is 9.92. The van der Waals surface area contributed by atoms with Crippen LogP contribution in [0.15, 0.2) is 51.8 Å². The summed E-state index contributed by atoms with van der Waals surface area (Å²) in [6.45, 7) is 5.39. The van der Waals surface area contributed by atoms with Crippen LogP contribution < -0.4 is 14.3 Å². The van der Waals surface area contributed by atoms with Gasteiger partial charge in [-0.2, -0.15) is 13.5 Å². The highest BCUT2D eigenvalue weighted by atomic mass is 32.2. The summed E-state index contributed by atoms with van der Waals surface area (Å²) in [5.74, 6) is -0.0290. The van der Waals surface area contributed by atoms with Crippen molar-refractivity contribution in [1.82, 2.24) is 10.4 Å². The van der Waals surface area contributed by atoms with E-state index < -0.39 is 10.1 Å². The Kier molecular flexibility index (Phi) is 7.26. The molecule has 0 aliphatic carbocycles. The van der Waals surface area contributed by atoms with Gasteiger partial charge in [0, 0.05) is 5.38 Å². The number of amides is 1. The number of methoxy groups -OCH3 is 1. The minimum Gasteiger partial charge on any atom is -0.493 e. The number of carbonyl (C=O) groups excluding carboxylic acids is 1. The van der Waals surface area contributed by atoms with Crippen LogP contribution in [0, 0.1) is 20.8 Å². The van der Waals surface area contributed by atoms with E-state index in [0.29, 0.717) is 16.8 Å². The van der Waals surface area contributed by atoms with Crippen molar-refractivity contribution in [2.75, 3.05) is 7.11 Å². The molecule has 10 heteroatoms. The average molecular weight is 474 g/mol. The third-order valence-electron chi connectivity index (χ3n) is 4.41. The largest absolute Gasteiger partial charge is 0.493 e. The lowest BCUT2D eigenvalue weighted by atomic mass is 10.2. The number of nitrogens with zero attached hydrogens (tertiary/aromatic N) is 2. The lowest BCUT2D eigenvalue weighted by molar-refractivity contribution is -0.120. The molecular weight excluding hydrogens is 450 g/mol. The van der Waals surface area contributed by atoms with Crippen LogP contribution in [0.4, 0.5) is 0 Å². The molecular formula is C22H23N3O5S2. The topological polar surface area (TPSA) is 107 Å². The number of benzene rings is 2.